The quantitative estimate of drug-likeness (QED) is 0.669. The molecule has 1 saturated heterocycles. The van der Waals surface area contributed by atoms with Crippen LogP contribution in [-0.4, -0.2) is 40.5 Å². The summed E-state index contributed by atoms with van der Waals surface area (Å²) in [5.74, 6) is 0.722. The van der Waals surface area contributed by atoms with Crippen molar-refractivity contribution in [3.8, 4) is 6.07 Å². The number of hydrogen-bond donors (Lipinski definition) is 1. The predicted octanol–water partition coefficient (Wildman–Crippen LogP) is 1.81. The lowest BCUT2D eigenvalue weighted by Crippen LogP contribution is -2.41. The van der Waals surface area contributed by atoms with Crippen molar-refractivity contribution >= 4 is 17.6 Å². The molecule has 1 aliphatic rings. The van der Waals surface area contributed by atoms with E-state index in [2.05, 4.69) is 20.9 Å². The maximum Gasteiger partial charge on any atom is 0.189 e. The number of aromatic nitrogens is 2. The molecular weight excluding hydrogens is 260 g/mol. The van der Waals surface area contributed by atoms with Gasteiger partial charge in [0.05, 0.1) is 6.20 Å². The van der Waals surface area contributed by atoms with Gasteiger partial charge in [-0.25, -0.2) is 9.97 Å². The Morgan fingerprint density at radius 3 is 3.11 bits per heavy atom. The summed E-state index contributed by atoms with van der Waals surface area (Å²) in [4.78, 5) is 10.8. The minimum atomic E-state index is 0.170. The van der Waals surface area contributed by atoms with Gasteiger partial charge in [0.1, 0.15) is 11.6 Å². The van der Waals surface area contributed by atoms with Crippen LogP contribution in [-0.2, 0) is 0 Å². The van der Waals surface area contributed by atoms with Gasteiger partial charge in [-0.05, 0) is 31.9 Å². The van der Waals surface area contributed by atoms with E-state index in [0.29, 0.717) is 10.7 Å². The fraction of sp³-hybridized carbons (Fsp3) is 0.615. The first-order chi connectivity index (χ1) is 9.30. The molecule has 1 N–H and O–H groups in total. The molecule has 0 aliphatic carbocycles. The summed E-state index contributed by atoms with van der Waals surface area (Å²) in [5, 5.41) is 19.1. The van der Waals surface area contributed by atoms with E-state index in [4.69, 9.17) is 0 Å². The number of rotatable bonds is 4. The first-order valence-electron chi connectivity index (χ1n) is 6.48. The van der Waals surface area contributed by atoms with Gasteiger partial charge in [0.15, 0.2) is 11.0 Å². The maximum atomic E-state index is 9.22. The Labute approximate surface area is 117 Å². The van der Waals surface area contributed by atoms with Gasteiger partial charge in [-0.1, -0.05) is 11.8 Å². The number of thioether (sulfide) groups is 1. The molecule has 0 radical (unpaired) electrons. The van der Waals surface area contributed by atoms with Crippen LogP contribution in [0.3, 0.4) is 0 Å². The Bertz CT molecular complexity index is 472. The summed E-state index contributed by atoms with van der Waals surface area (Å²) >= 11 is 1.47. The van der Waals surface area contributed by atoms with Gasteiger partial charge in [0.2, 0.25) is 0 Å². The second kappa shape index (κ2) is 6.73. The molecule has 1 atom stereocenters. The smallest absolute Gasteiger partial charge is 0.189 e. The molecule has 2 rings (SSSR count). The Hall–Kier alpha value is -1.32. The average molecular weight is 278 g/mol. The summed E-state index contributed by atoms with van der Waals surface area (Å²) in [5.41, 5.74) is 0.516. The summed E-state index contributed by atoms with van der Waals surface area (Å²) in [6, 6.07) is 2.44. The van der Waals surface area contributed by atoms with Crippen molar-refractivity contribution in [3.63, 3.8) is 0 Å². The van der Waals surface area contributed by atoms with E-state index in [0.717, 1.165) is 31.6 Å². The highest BCUT2D eigenvalue weighted by Crippen LogP contribution is 2.28. The molecule has 5 nitrogen and oxygen atoms in total. The number of piperidine rings is 1. The number of hydrogen-bond acceptors (Lipinski definition) is 6. The molecule has 6 heteroatoms. The average Bonchev–Trinajstić information content (AvgIpc) is 2.47. The standard InChI is InChI=1S/C13H18N4OS/c1-19-13-15-9-10(8-14)12(16-13)17-6-3-2-4-11(17)5-7-18/h9,11,18H,2-7H2,1H3. The van der Waals surface area contributed by atoms with Crippen LogP contribution in [0.2, 0.25) is 0 Å². The van der Waals surface area contributed by atoms with Gasteiger partial charge < -0.3 is 10.0 Å². The van der Waals surface area contributed by atoms with Crippen LogP contribution in [0, 0.1) is 11.3 Å². The summed E-state index contributed by atoms with van der Waals surface area (Å²) in [6.07, 6.45) is 7.56. The molecule has 1 aromatic rings. The molecule has 19 heavy (non-hydrogen) atoms. The summed E-state index contributed by atoms with van der Waals surface area (Å²) in [6.45, 7) is 1.06. The first kappa shape index (κ1) is 14.1. The van der Waals surface area contributed by atoms with Gasteiger partial charge in [-0.2, -0.15) is 5.26 Å². The fourth-order valence-corrected chi connectivity index (χ4v) is 2.82. The van der Waals surface area contributed by atoms with Gasteiger partial charge in [-0.15, -0.1) is 0 Å². The minimum Gasteiger partial charge on any atom is -0.396 e. The van der Waals surface area contributed by atoms with E-state index < -0.39 is 0 Å². The minimum absolute atomic E-state index is 0.170. The van der Waals surface area contributed by atoms with E-state index in [1.807, 2.05) is 6.26 Å². The van der Waals surface area contributed by atoms with E-state index in [9.17, 15) is 10.4 Å². The van der Waals surface area contributed by atoms with Crippen LogP contribution in [0.25, 0.3) is 0 Å². The molecule has 0 amide bonds. The molecule has 1 unspecified atom stereocenters. The molecule has 0 bridgehead atoms. The van der Waals surface area contributed by atoms with E-state index in [1.165, 1.54) is 18.2 Å². The lowest BCUT2D eigenvalue weighted by atomic mass is 9.99. The zero-order valence-corrected chi connectivity index (χ0v) is 11.9. The Kier molecular flexibility index (Phi) is 5.00. The van der Waals surface area contributed by atoms with E-state index in [-0.39, 0.29) is 12.6 Å². The molecule has 0 saturated carbocycles. The highest BCUT2D eigenvalue weighted by molar-refractivity contribution is 7.98. The van der Waals surface area contributed by atoms with E-state index >= 15 is 0 Å². The zero-order valence-electron chi connectivity index (χ0n) is 11.0. The first-order valence-corrected chi connectivity index (χ1v) is 7.71. The number of aliphatic hydroxyl groups excluding tert-OH is 1. The van der Waals surface area contributed by atoms with Crippen LogP contribution < -0.4 is 4.90 Å². The third kappa shape index (κ3) is 3.17. The van der Waals surface area contributed by atoms with Crippen LogP contribution in [0.5, 0.6) is 0 Å². The molecular formula is C13H18N4OS. The Morgan fingerprint density at radius 2 is 2.42 bits per heavy atom. The zero-order chi connectivity index (χ0) is 13.7. The lowest BCUT2D eigenvalue weighted by molar-refractivity contribution is 0.262. The van der Waals surface area contributed by atoms with Crippen molar-refractivity contribution in [2.24, 2.45) is 0 Å². The largest absolute Gasteiger partial charge is 0.396 e. The normalized spacial score (nSPS) is 19.2. The third-order valence-electron chi connectivity index (χ3n) is 3.41. The van der Waals surface area contributed by atoms with E-state index in [1.54, 1.807) is 6.20 Å². The molecule has 0 aromatic carbocycles. The molecule has 102 valence electrons. The SMILES string of the molecule is CSc1ncc(C#N)c(N2CCCCC2CCO)n1. The van der Waals surface area contributed by atoms with Gasteiger partial charge in [0.25, 0.3) is 0 Å². The molecule has 1 aliphatic heterocycles. The molecule has 1 fully saturated rings. The van der Waals surface area contributed by atoms with Crippen LogP contribution in [0.1, 0.15) is 31.2 Å². The van der Waals surface area contributed by atoms with Crippen molar-refractivity contribution in [1.82, 2.24) is 9.97 Å². The van der Waals surface area contributed by atoms with Gasteiger partial charge in [-0.3, -0.25) is 0 Å². The van der Waals surface area contributed by atoms with Crippen molar-refractivity contribution in [3.05, 3.63) is 11.8 Å². The van der Waals surface area contributed by atoms with Gasteiger partial charge >= 0.3 is 0 Å². The van der Waals surface area contributed by atoms with Crippen molar-refractivity contribution in [1.29, 1.82) is 5.26 Å². The highest BCUT2D eigenvalue weighted by Gasteiger charge is 2.25. The lowest BCUT2D eigenvalue weighted by Gasteiger charge is -2.36. The van der Waals surface area contributed by atoms with Crippen LogP contribution >= 0.6 is 11.8 Å². The number of aliphatic hydroxyl groups is 1. The van der Waals surface area contributed by atoms with Crippen molar-refractivity contribution in [2.75, 3.05) is 24.3 Å². The van der Waals surface area contributed by atoms with Crippen LogP contribution in [0.4, 0.5) is 5.82 Å². The topological polar surface area (TPSA) is 73.0 Å². The maximum absolute atomic E-state index is 9.22. The number of anilines is 1. The fourth-order valence-electron chi connectivity index (χ4n) is 2.48. The number of nitriles is 1. The monoisotopic (exact) mass is 278 g/mol. The highest BCUT2D eigenvalue weighted by atomic mass is 32.2. The summed E-state index contributed by atoms with van der Waals surface area (Å²) in [7, 11) is 0. The molecule has 2 heterocycles. The van der Waals surface area contributed by atoms with Crippen LogP contribution in [0.15, 0.2) is 11.4 Å². The number of nitrogens with zero attached hydrogens (tertiary/aromatic N) is 4. The summed E-state index contributed by atoms with van der Waals surface area (Å²) < 4.78 is 0. The Morgan fingerprint density at radius 1 is 1.58 bits per heavy atom. The molecule has 0 spiro atoms. The second-order valence-corrected chi connectivity index (χ2v) is 5.33. The molecule has 1 aromatic heterocycles. The second-order valence-electron chi connectivity index (χ2n) is 4.56. The van der Waals surface area contributed by atoms with Crippen molar-refractivity contribution in [2.45, 2.75) is 36.9 Å². The Balaban J connectivity index is 2.34. The predicted molar refractivity (Wildman–Crippen MR) is 75.2 cm³/mol. The van der Waals surface area contributed by atoms with Crippen molar-refractivity contribution < 1.29 is 5.11 Å². The van der Waals surface area contributed by atoms with Gasteiger partial charge in [0, 0.05) is 19.2 Å². The third-order valence-corrected chi connectivity index (χ3v) is 3.97.